The molecule has 0 aromatic heterocycles. The lowest BCUT2D eigenvalue weighted by Crippen LogP contribution is -2.39. The summed E-state index contributed by atoms with van der Waals surface area (Å²) in [6, 6.07) is 16.3. The first-order chi connectivity index (χ1) is 10.8. The zero-order valence-electron chi connectivity index (χ0n) is 13.6. The van der Waals surface area contributed by atoms with Gasteiger partial charge in [-0.2, -0.15) is 0 Å². The van der Waals surface area contributed by atoms with Gasteiger partial charge in [0.25, 0.3) is 0 Å². The average molecular weight is 331 g/mol. The van der Waals surface area contributed by atoms with Crippen molar-refractivity contribution >= 4 is 21.4 Å². The predicted octanol–water partition coefficient (Wildman–Crippen LogP) is 2.96. The van der Waals surface area contributed by atoms with E-state index in [0.717, 1.165) is 5.56 Å². The number of sulfone groups is 1. The highest BCUT2D eigenvalue weighted by molar-refractivity contribution is 7.92. The number of aryl methyl sites for hydroxylation is 1. The van der Waals surface area contributed by atoms with Gasteiger partial charge in [0.1, 0.15) is 5.25 Å². The molecular weight excluding hydrogens is 310 g/mol. The summed E-state index contributed by atoms with van der Waals surface area (Å²) in [5.74, 6) is -0.564. The smallest absolute Gasteiger partial charge is 0.244 e. The summed E-state index contributed by atoms with van der Waals surface area (Å²) < 4.78 is 25.0. The van der Waals surface area contributed by atoms with E-state index in [0.29, 0.717) is 11.3 Å². The van der Waals surface area contributed by atoms with E-state index in [1.165, 1.54) is 11.8 Å². The van der Waals surface area contributed by atoms with E-state index in [1.807, 2.05) is 37.3 Å². The Balaban J connectivity index is 2.15. The van der Waals surface area contributed by atoms with Gasteiger partial charge in [0.05, 0.1) is 5.75 Å². The van der Waals surface area contributed by atoms with E-state index in [2.05, 4.69) is 0 Å². The fourth-order valence-electron chi connectivity index (χ4n) is 2.25. The van der Waals surface area contributed by atoms with Crippen LogP contribution in [0.4, 0.5) is 5.69 Å². The lowest BCUT2D eigenvalue weighted by Gasteiger charge is -2.21. The van der Waals surface area contributed by atoms with Crippen molar-refractivity contribution in [2.45, 2.75) is 24.9 Å². The molecule has 0 aliphatic heterocycles. The number of hydrogen-bond donors (Lipinski definition) is 0. The van der Waals surface area contributed by atoms with E-state index < -0.39 is 21.0 Å². The molecule has 0 unspecified atom stereocenters. The molecule has 0 radical (unpaired) electrons. The van der Waals surface area contributed by atoms with E-state index in [4.69, 9.17) is 0 Å². The highest BCUT2D eigenvalue weighted by Gasteiger charge is 2.30. The van der Waals surface area contributed by atoms with E-state index in [1.54, 1.807) is 31.3 Å². The zero-order valence-corrected chi connectivity index (χ0v) is 14.4. The van der Waals surface area contributed by atoms with Crippen LogP contribution < -0.4 is 4.90 Å². The Morgan fingerprint density at radius 3 is 2.17 bits per heavy atom. The monoisotopic (exact) mass is 331 g/mol. The van der Waals surface area contributed by atoms with Gasteiger partial charge in [-0.1, -0.05) is 48.0 Å². The minimum absolute atomic E-state index is 0.136. The molecule has 4 nitrogen and oxygen atoms in total. The number of amides is 1. The third-order valence-corrected chi connectivity index (χ3v) is 5.86. The maximum atomic E-state index is 12.5. The van der Waals surface area contributed by atoms with Crippen LogP contribution in [0.25, 0.3) is 0 Å². The van der Waals surface area contributed by atoms with Gasteiger partial charge in [-0.05, 0) is 31.5 Å². The quantitative estimate of drug-likeness (QED) is 0.846. The van der Waals surface area contributed by atoms with Crippen molar-refractivity contribution in [3.05, 3.63) is 65.7 Å². The molecule has 2 aromatic rings. The maximum Gasteiger partial charge on any atom is 0.244 e. The zero-order chi connectivity index (χ0) is 17.0. The normalized spacial score (nSPS) is 12.7. The third-order valence-electron chi connectivity index (χ3n) is 3.85. The predicted molar refractivity (Wildman–Crippen MR) is 93.1 cm³/mol. The molecule has 2 aromatic carbocycles. The summed E-state index contributed by atoms with van der Waals surface area (Å²) in [4.78, 5) is 13.9. The van der Waals surface area contributed by atoms with Crippen LogP contribution in [0.5, 0.6) is 0 Å². The van der Waals surface area contributed by atoms with Crippen LogP contribution in [0.2, 0.25) is 0 Å². The maximum absolute atomic E-state index is 12.5. The molecule has 0 heterocycles. The summed E-state index contributed by atoms with van der Waals surface area (Å²) >= 11 is 0. The molecule has 0 fully saturated rings. The molecule has 23 heavy (non-hydrogen) atoms. The molecule has 1 atom stereocenters. The highest BCUT2D eigenvalue weighted by Crippen LogP contribution is 2.18. The van der Waals surface area contributed by atoms with Crippen LogP contribution in [0, 0.1) is 6.92 Å². The number of anilines is 1. The van der Waals surface area contributed by atoms with E-state index >= 15 is 0 Å². The second kappa shape index (κ2) is 6.96. The molecule has 0 aliphatic rings. The topological polar surface area (TPSA) is 54.5 Å². The molecule has 0 N–H and O–H groups in total. The van der Waals surface area contributed by atoms with Crippen LogP contribution in [-0.2, 0) is 20.4 Å². The van der Waals surface area contributed by atoms with Gasteiger partial charge in [-0.15, -0.1) is 0 Å². The van der Waals surface area contributed by atoms with Gasteiger partial charge in [0, 0.05) is 12.7 Å². The summed E-state index contributed by atoms with van der Waals surface area (Å²) in [5.41, 5.74) is 2.44. The number of carbonyl (C=O) groups excluding carboxylic acids is 1. The van der Waals surface area contributed by atoms with Crippen molar-refractivity contribution in [1.82, 2.24) is 0 Å². The highest BCUT2D eigenvalue weighted by atomic mass is 32.2. The van der Waals surface area contributed by atoms with Crippen LogP contribution in [0.3, 0.4) is 0 Å². The Morgan fingerprint density at radius 2 is 1.61 bits per heavy atom. The molecule has 2 rings (SSSR count). The van der Waals surface area contributed by atoms with Gasteiger partial charge < -0.3 is 4.90 Å². The lowest BCUT2D eigenvalue weighted by molar-refractivity contribution is -0.117. The molecular formula is C18H21NO3S. The first-order valence-electron chi connectivity index (χ1n) is 7.41. The van der Waals surface area contributed by atoms with Crippen LogP contribution in [0.15, 0.2) is 54.6 Å². The molecule has 0 saturated heterocycles. The fraction of sp³-hybridized carbons (Fsp3) is 0.278. The molecule has 1 amide bonds. The standard InChI is InChI=1S/C18H21NO3S/c1-14-9-11-16(12-10-14)13-23(21,22)15(2)18(20)19(3)17-7-5-4-6-8-17/h4-12,15H,13H2,1-3H3/t15-/m0/s1. The van der Waals surface area contributed by atoms with Gasteiger partial charge in [0.15, 0.2) is 9.84 Å². The number of para-hydroxylation sites is 1. The van der Waals surface area contributed by atoms with Gasteiger partial charge in [0.2, 0.25) is 5.91 Å². The number of rotatable bonds is 5. The second-order valence-electron chi connectivity index (χ2n) is 5.67. The van der Waals surface area contributed by atoms with Gasteiger partial charge in [-0.25, -0.2) is 8.42 Å². The summed E-state index contributed by atoms with van der Waals surface area (Å²) in [7, 11) is -1.98. The first kappa shape index (κ1) is 17.2. The lowest BCUT2D eigenvalue weighted by atomic mass is 10.2. The van der Waals surface area contributed by atoms with Crippen LogP contribution in [0.1, 0.15) is 18.1 Å². The molecule has 0 bridgehead atoms. The number of hydrogen-bond acceptors (Lipinski definition) is 3. The first-order valence-corrected chi connectivity index (χ1v) is 9.12. The van der Waals surface area contributed by atoms with Crippen molar-refractivity contribution in [2.75, 3.05) is 11.9 Å². The van der Waals surface area contributed by atoms with Crippen molar-refractivity contribution < 1.29 is 13.2 Å². The minimum Gasteiger partial charge on any atom is -0.314 e. The number of benzene rings is 2. The van der Waals surface area contributed by atoms with Crippen molar-refractivity contribution in [3.8, 4) is 0 Å². The number of carbonyl (C=O) groups is 1. The minimum atomic E-state index is -3.57. The second-order valence-corrected chi connectivity index (χ2v) is 7.99. The molecule has 0 saturated carbocycles. The average Bonchev–Trinajstić information content (AvgIpc) is 2.55. The number of nitrogens with zero attached hydrogens (tertiary/aromatic N) is 1. The third kappa shape index (κ3) is 4.20. The molecule has 0 spiro atoms. The molecule has 0 aliphatic carbocycles. The van der Waals surface area contributed by atoms with Crippen LogP contribution >= 0.6 is 0 Å². The Kier molecular flexibility index (Phi) is 5.21. The largest absolute Gasteiger partial charge is 0.314 e. The van der Waals surface area contributed by atoms with Gasteiger partial charge in [-0.3, -0.25) is 4.79 Å². The summed E-state index contributed by atoms with van der Waals surface area (Å²) in [6.07, 6.45) is 0. The van der Waals surface area contributed by atoms with Crippen molar-refractivity contribution in [1.29, 1.82) is 0 Å². The SMILES string of the molecule is Cc1ccc(CS(=O)(=O)[C@@H](C)C(=O)N(C)c2ccccc2)cc1. The van der Waals surface area contributed by atoms with Crippen LogP contribution in [-0.4, -0.2) is 26.6 Å². The van der Waals surface area contributed by atoms with Crippen molar-refractivity contribution in [3.63, 3.8) is 0 Å². The Hall–Kier alpha value is -2.14. The Bertz CT molecular complexity index is 768. The fourth-order valence-corrected chi connectivity index (χ4v) is 3.62. The summed E-state index contributed by atoms with van der Waals surface area (Å²) in [5, 5.41) is -1.09. The summed E-state index contributed by atoms with van der Waals surface area (Å²) in [6.45, 7) is 3.39. The van der Waals surface area contributed by atoms with E-state index in [9.17, 15) is 13.2 Å². The Morgan fingerprint density at radius 1 is 1.04 bits per heavy atom. The molecule has 122 valence electrons. The molecule has 5 heteroatoms. The van der Waals surface area contributed by atoms with Crippen molar-refractivity contribution in [2.24, 2.45) is 0 Å². The Labute approximate surface area is 137 Å². The van der Waals surface area contributed by atoms with E-state index in [-0.39, 0.29) is 5.75 Å². The van der Waals surface area contributed by atoms with Gasteiger partial charge >= 0.3 is 0 Å².